The largest absolute Gasteiger partial charge is 0.334 e. The maximum absolute atomic E-state index is 11.8. The van der Waals surface area contributed by atoms with Crippen molar-refractivity contribution in [3.8, 4) is 0 Å². The number of hydrogen-bond donors (Lipinski definition) is 2. The van der Waals surface area contributed by atoms with Crippen molar-refractivity contribution in [2.45, 2.75) is 5.03 Å². The number of anilines is 1. The van der Waals surface area contributed by atoms with E-state index in [0.717, 1.165) is 0 Å². The number of aromatic nitrogens is 3. The first-order valence-corrected chi connectivity index (χ1v) is 6.49. The second-order valence-corrected chi connectivity index (χ2v) is 5.36. The summed E-state index contributed by atoms with van der Waals surface area (Å²) in [5, 5.41) is -0.00921. The Labute approximate surface area is 100 Å². The Morgan fingerprint density at radius 3 is 2.88 bits per heavy atom. The van der Waals surface area contributed by atoms with Crippen LogP contribution in [0.15, 0.2) is 40.4 Å². The van der Waals surface area contributed by atoms with Crippen LogP contribution in [0, 0.1) is 0 Å². The van der Waals surface area contributed by atoms with Gasteiger partial charge in [-0.3, -0.25) is 4.72 Å². The van der Waals surface area contributed by atoms with E-state index < -0.39 is 10.0 Å². The lowest BCUT2D eigenvalue weighted by molar-refractivity contribution is 0.598. The summed E-state index contributed by atoms with van der Waals surface area (Å²) in [6.07, 6.45) is 4.01. The number of nitrogens with zero attached hydrogens (tertiary/aromatic N) is 2. The van der Waals surface area contributed by atoms with E-state index in [2.05, 4.69) is 35.6 Å². The fraction of sp³-hybridized carbons (Fsp3) is 0. The van der Waals surface area contributed by atoms with Crippen LogP contribution < -0.4 is 4.72 Å². The molecule has 2 aromatic heterocycles. The molecule has 0 saturated carbocycles. The van der Waals surface area contributed by atoms with Gasteiger partial charge in [0.1, 0.15) is 0 Å². The molecule has 2 heterocycles. The zero-order valence-corrected chi connectivity index (χ0v) is 10.3. The molecule has 0 aliphatic heterocycles. The van der Waals surface area contributed by atoms with Crippen LogP contribution in [0.2, 0.25) is 0 Å². The summed E-state index contributed by atoms with van der Waals surface area (Å²) < 4.78 is 26.4. The number of pyridine rings is 1. The number of rotatable bonds is 3. The quantitative estimate of drug-likeness (QED) is 0.896. The van der Waals surface area contributed by atoms with E-state index in [4.69, 9.17) is 0 Å². The van der Waals surface area contributed by atoms with Crippen molar-refractivity contribution in [2.24, 2.45) is 0 Å². The zero-order valence-electron chi connectivity index (χ0n) is 7.88. The van der Waals surface area contributed by atoms with Crippen molar-refractivity contribution in [2.75, 3.05) is 4.72 Å². The standard InChI is InChI=1S/C8H7BrN4O2S/c9-6-2-1-3-11-8(6)13-16(14,15)7-4-10-5-12-7/h1-5H,(H,10,12)(H,11,13). The topological polar surface area (TPSA) is 87.7 Å². The van der Waals surface area contributed by atoms with Gasteiger partial charge in [0.25, 0.3) is 10.0 Å². The van der Waals surface area contributed by atoms with Crippen molar-refractivity contribution in [1.29, 1.82) is 0 Å². The lowest BCUT2D eigenvalue weighted by Crippen LogP contribution is -2.14. The number of H-pyrrole nitrogens is 1. The highest BCUT2D eigenvalue weighted by molar-refractivity contribution is 9.10. The minimum Gasteiger partial charge on any atom is -0.334 e. The second-order valence-electron chi connectivity index (χ2n) is 2.86. The van der Waals surface area contributed by atoms with Gasteiger partial charge in [-0.1, -0.05) is 0 Å². The van der Waals surface area contributed by atoms with Crippen LogP contribution >= 0.6 is 15.9 Å². The molecule has 0 amide bonds. The molecule has 8 heteroatoms. The van der Waals surface area contributed by atoms with E-state index in [1.807, 2.05) is 0 Å². The van der Waals surface area contributed by atoms with Crippen molar-refractivity contribution < 1.29 is 8.42 Å². The van der Waals surface area contributed by atoms with Crippen molar-refractivity contribution in [3.05, 3.63) is 35.3 Å². The SMILES string of the molecule is O=S(=O)(Nc1ncccc1Br)c1cnc[nH]1. The van der Waals surface area contributed by atoms with Crippen molar-refractivity contribution in [1.82, 2.24) is 15.0 Å². The maximum atomic E-state index is 11.8. The predicted molar refractivity (Wildman–Crippen MR) is 61.3 cm³/mol. The number of sulfonamides is 1. The molecule has 0 unspecified atom stereocenters. The third kappa shape index (κ3) is 2.22. The smallest absolute Gasteiger partial charge is 0.280 e. The summed E-state index contributed by atoms with van der Waals surface area (Å²) in [5.41, 5.74) is 0. The van der Waals surface area contributed by atoms with Gasteiger partial charge in [0.15, 0.2) is 10.8 Å². The van der Waals surface area contributed by atoms with Crippen LogP contribution in [0.4, 0.5) is 5.82 Å². The predicted octanol–water partition coefficient (Wildman–Crippen LogP) is 1.37. The van der Waals surface area contributed by atoms with E-state index >= 15 is 0 Å². The molecule has 2 N–H and O–H groups in total. The molecule has 0 radical (unpaired) electrons. The third-order valence-electron chi connectivity index (χ3n) is 1.75. The lowest BCUT2D eigenvalue weighted by atomic mass is 10.5. The minimum atomic E-state index is -3.65. The molecule has 0 aromatic carbocycles. The van der Waals surface area contributed by atoms with Crippen LogP contribution in [0.5, 0.6) is 0 Å². The summed E-state index contributed by atoms with van der Waals surface area (Å²) in [6, 6.07) is 3.38. The van der Waals surface area contributed by atoms with Crippen LogP contribution in [0.1, 0.15) is 0 Å². The van der Waals surface area contributed by atoms with E-state index in [1.54, 1.807) is 12.1 Å². The van der Waals surface area contributed by atoms with Gasteiger partial charge < -0.3 is 4.98 Å². The average molecular weight is 303 g/mol. The van der Waals surface area contributed by atoms with Gasteiger partial charge in [0, 0.05) is 6.20 Å². The lowest BCUT2D eigenvalue weighted by Gasteiger charge is -2.06. The summed E-state index contributed by atoms with van der Waals surface area (Å²) in [6.45, 7) is 0. The molecule has 2 aromatic rings. The fourth-order valence-corrected chi connectivity index (χ4v) is 2.45. The first kappa shape index (κ1) is 11.1. The summed E-state index contributed by atoms with van der Waals surface area (Å²) in [4.78, 5) is 10.1. The fourth-order valence-electron chi connectivity index (χ4n) is 1.03. The van der Waals surface area contributed by atoms with Crippen LogP contribution in [0.3, 0.4) is 0 Å². The van der Waals surface area contributed by atoms with E-state index in [1.165, 1.54) is 18.7 Å². The number of halogens is 1. The highest BCUT2D eigenvalue weighted by atomic mass is 79.9. The van der Waals surface area contributed by atoms with Gasteiger partial charge >= 0.3 is 0 Å². The highest BCUT2D eigenvalue weighted by Crippen LogP contribution is 2.20. The Bertz CT molecular complexity index is 582. The highest BCUT2D eigenvalue weighted by Gasteiger charge is 2.17. The maximum Gasteiger partial charge on any atom is 0.280 e. The molecule has 16 heavy (non-hydrogen) atoms. The van der Waals surface area contributed by atoms with E-state index in [-0.39, 0.29) is 10.8 Å². The molecule has 0 fully saturated rings. The molecule has 0 aliphatic rings. The van der Waals surface area contributed by atoms with Gasteiger partial charge in [-0.05, 0) is 28.1 Å². The van der Waals surface area contributed by atoms with Crippen LogP contribution in [-0.2, 0) is 10.0 Å². The van der Waals surface area contributed by atoms with Crippen molar-refractivity contribution >= 4 is 31.8 Å². The summed E-state index contributed by atoms with van der Waals surface area (Å²) >= 11 is 3.20. The molecule has 0 spiro atoms. The minimum absolute atomic E-state index is 0.00921. The molecule has 6 nitrogen and oxygen atoms in total. The normalized spacial score (nSPS) is 11.3. The summed E-state index contributed by atoms with van der Waals surface area (Å²) in [7, 11) is -3.65. The Kier molecular flexibility index (Phi) is 2.92. The van der Waals surface area contributed by atoms with Gasteiger partial charge in [0.05, 0.1) is 17.0 Å². The third-order valence-corrected chi connectivity index (χ3v) is 3.66. The van der Waals surface area contributed by atoms with Crippen LogP contribution in [-0.4, -0.2) is 23.4 Å². The van der Waals surface area contributed by atoms with Gasteiger partial charge in [0.2, 0.25) is 0 Å². The monoisotopic (exact) mass is 302 g/mol. The van der Waals surface area contributed by atoms with Gasteiger partial charge in [-0.2, -0.15) is 8.42 Å². The Balaban J connectivity index is 2.33. The van der Waals surface area contributed by atoms with E-state index in [9.17, 15) is 8.42 Å². The van der Waals surface area contributed by atoms with Gasteiger partial charge in [-0.25, -0.2) is 9.97 Å². The van der Waals surface area contributed by atoms with Crippen molar-refractivity contribution in [3.63, 3.8) is 0 Å². The zero-order chi connectivity index (χ0) is 11.6. The molecular weight excluding hydrogens is 296 g/mol. The molecular formula is C8H7BrN4O2S. The second kappa shape index (κ2) is 4.22. The Morgan fingerprint density at radius 2 is 2.25 bits per heavy atom. The first-order valence-electron chi connectivity index (χ1n) is 4.21. The molecule has 0 bridgehead atoms. The summed E-state index contributed by atoms with van der Waals surface area (Å²) in [5.74, 6) is 0.233. The molecule has 0 aliphatic carbocycles. The van der Waals surface area contributed by atoms with Gasteiger partial charge in [-0.15, -0.1) is 0 Å². The number of aromatic amines is 1. The van der Waals surface area contributed by atoms with Crippen LogP contribution in [0.25, 0.3) is 0 Å². The molecule has 84 valence electrons. The number of nitrogens with one attached hydrogen (secondary N) is 2. The first-order chi connectivity index (χ1) is 7.59. The molecule has 0 atom stereocenters. The molecule has 0 saturated heterocycles. The Morgan fingerprint density at radius 1 is 1.44 bits per heavy atom. The number of imidazole rings is 1. The Hall–Kier alpha value is -1.41. The average Bonchev–Trinajstić information content (AvgIpc) is 2.75. The van der Waals surface area contributed by atoms with E-state index in [0.29, 0.717) is 4.47 Å². The molecule has 2 rings (SSSR count). The number of hydrogen-bond acceptors (Lipinski definition) is 4.